The van der Waals surface area contributed by atoms with Crippen LogP contribution >= 0.6 is 0 Å². The summed E-state index contributed by atoms with van der Waals surface area (Å²) >= 11 is 0. The number of benzene rings is 1. The van der Waals surface area contributed by atoms with Crippen LogP contribution in [0.15, 0.2) is 24.3 Å². The first-order valence-electron chi connectivity index (χ1n) is 3.09. The van der Waals surface area contributed by atoms with Gasteiger partial charge in [-0.05, 0) is 24.3 Å². The molecule has 0 spiro atoms. The van der Waals surface area contributed by atoms with Crippen LogP contribution in [0.2, 0.25) is 0 Å². The fourth-order valence-electron chi connectivity index (χ4n) is 0.710. The second kappa shape index (κ2) is 3.25. The molecule has 57 valence electrons. The number of Topliss-reactive ketones (excluding diaryl/α,β-unsaturated/α-hetero) is 1. The predicted octanol–water partition coefficient (Wildman–Crippen LogP) is 1.13. The van der Waals surface area contributed by atoms with Crippen LogP contribution in [0.1, 0.15) is 10.4 Å². The molecule has 0 amide bonds. The fourth-order valence-corrected chi connectivity index (χ4v) is 0.710. The van der Waals surface area contributed by atoms with Gasteiger partial charge in [-0.1, -0.05) is 0 Å². The van der Waals surface area contributed by atoms with Crippen molar-refractivity contribution in [2.75, 3.05) is 0 Å². The lowest BCUT2D eigenvalue weighted by Gasteiger charge is -1.94. The van der Waals surface area contributed by atoms with E-state index in [-0.39, 0.29) is 11.6 Å². The number of halogens is 1. The Bertz CT molecular complexity index is 255. The number of ketones is 1. The molecule has 0 aliphatic carbocycles. The van der Waals surface area contributed by atoms with E-state index in [0.717, 1.165) is 6.54 Å². The van der Waals surface area contributed by atoms with Gasteiger partial charge in [0.2, 0.25) is 0 Å². The molecule has 0 bridgehead atoms. The lowest BCUT2D eigenvalue weighted by atomic mass is 10.1. The van der Waals surface area contributed by atoms with E-state index < -0.39 is 0 Å². The van der Waals surface area contributed by atoms with Gasteiger partial charge in [0.25, 0.3) is 0 Å². The first kappa shape index (κ1) is 7.88. The fraction of sp³-hybridized carbons (Fsp3) is 0. The summed E-state index contributed by atoms with van der Waals surface area (Å²) in [6, 6.07) is 5.22. The summed E-state index contributed by atoms with van der Waals surface area (Å²) in [5.74, 6) is -0.663. The zero-order valence-electron chi connectivity index (χ0n) is 5.75. The van der Waals surface area contributed by atoms with Gasteiger partial charge >= 0.3 is 0 Å². The Labute approximate surface area is 63.8 Å². The second-order valence-corrected chi connectivity index (χ2v) is 2.04. The van der Waals surface area contributed by atoms with E-state index in [1.165, 1.54) is 24.3 Å². The maximum atomic E-state index is 12.3. The van der Waals surface area contributed by atoms with Crippen LogP contribution in [0.3, 0.4) is 0 Å². The topological polar surface area (TPSA) is 43.1 Å². The van der Waals surface area contributed by atoms with Gasteiger partial charge in [-0.15, -0.1) is 0 Å². The van der Waals surface area contributed by atoms with Crippen molar-refractivity contribution in [3.63, 3.8) is 0 Å². The Morgan fingerprint density at radius 2 is 1.91 bits per heavy atom. The standard InChI is InChI=1S/C8H7FNO/c9-7-3-1-6(2-4-7)8(11)5-10/h1-5H,10H2. The lowest BCUT2D eigenvalue weighted by Crippen LogP contribution is -2.06. The molecular formula is C8H7FNO. The highest BCUT2D eigenvalue weighted by Crippen LogP contribution is 2.03. The first-order chi connectivity index (χ1) is 5.24. The van der Waals surface area contributed by atoms with E-state index in [9.17, 15) is 9.18 Å². The maximum Gasteiger partial charge on any atom is 0.181 e. The molecule has 1 radical (unpaired) electrons. The van der Waals surface area contributed by atoms with Crippen molar-refractivity contribution in [3.8, 4) is 0 Å². The van der Waals surface area contributed by atoms with E-state index >= 15 is 0 Å². The summed E-state index contributed by atoms with van der Waals surface area (Å²) in [6.07, 6.45) is 0. The SMILES string of the molecule is N[CH]C(=O)c1ccc(F)cc1. The molecule has 2 nitrogen and oxygen atoms in total. The van der Waals surface area contributed by atoms with Crippen LogP contribution in [0.25, 0.3) is 0 Å². The molecule has 1 rings (SSSR count). The molecule has 0 fully saturated rings. The number of nitrogens with two attached hydrogens (primary N) is 1. The van der Waals surface area contributed by atoms with Crippen LogP contribution in [-0.4, -0.2) is 5.78 Å². The Kier molecular flexibility index (Phi) is 2.33. The van der Waals surface area contributed by atoms with Gasteiger partial charge in [-0.3, -0.25) is 4.79 Å². The molecule has 0 aliphatic rings. The van der Waals surface area contributed by atoms with Gasteiger partial charge in [-0.25, -0.2) is 4.39 Å². The third-order valence-corrected chi connectivity index (χ3v) is 1.28. The Hall–Kier alpha value is -1.22. The van der Waals surface area contributed by atoms with Crippen molar-refractivity contribution >= 4 is 5.78 Å². The van der Waals surface area contributed by atoms with Crippen molar-refractivity contribution in [2.24, 2.45) is 5.73 Å². The molecule has 1 aromatic carbocycles. The molecule has 3 heteroatoms. The molecule has 0 saturated heterocycles. The Morgan fingerprint density at radius 1 is 1.36 bits per heavy atom. The smallest absolute Gasteiger partial charge is 0.181 e. The Morgan fingerprint density at radius 3 is 2.36 bits per heavy atom. The highest BCUT2D eigenvalue weighted by Gasteiger charge is 2.01. The summed E-state index contributed by atoms with van der Waals surface area (Å²) in [4.78, 5) is 10.8. The van der Waals surface area contributed by atoms with Crippen LogP contribution < -0.4 is 5.73 Å². The highest BCUT2D eigenvalue weighted by atomic mass is 19.1. The van der Waals surface area contributed by atoms with Gasteiger partial charge in [-0.2, -0.15) is 0 Å². The van der Waals surface area contributed by atoms with Crippen molar-refractivity contribution < 1.29 is 9.18 Å². The van der Waals surface area contributed by atoms with E-state index in [2.05, 4.69) is 0 Å². The highest BCUT2D eigenvalue weighted by molar-refractivity contribution is 6.01. The maximum absolute atomic E-state index is 12.3. The largest absolute Gasteiger partial charge is 0.320 e. The van der Waals surface area contributed by atoms with Gasteiger partial charge < -0.3 is 5.73 Å². The number of carbonyl (C=O) groups excluding carboxylic acids is 1. The van der Waals surface area contributed by atoms with E-state index in [1.807, 2.05) is 0 Å². The number of rotatable bonds is 2. The van der Waals surface area contributed by atoms with Gasteiger partial charge in [0.15, 0.2) is 5.78 Å². The summed E-state index contributed by atoms with van der Waals surface area (Å²) < 4.78 is 12.3. The minimum absolute atomic E-state index is 0.301. The van der Waals surface area contributed by atoms with E-state index in [4.69, 9.17) is 5.73 Å². The van der Waals surface area contributed by atoms with Crippen molar-refractivity contribution in [1.82, 2.24) is 0 Å². The zero-order valence-corrected chi connectivity index (χ0v) is 5.75. The minimum Gasteiger partial charge on any atom is -0.320 e. The van der Waals surface area contributed by atoms with Crippen molar-refractivity contribution in [3.05, 3.63) is 42.2 Å². The summed E-state index contributed by atoms with van der Waals surface area (Å²) in [7, 11) is 0. The molecule has 0 unspecified atom stereocenters. The molecule has 0 aliphatic heterocycles. The monoisotopic (exact) mass is 152 g/mol. The van der Waals surface area contributed by atoms with Gasteiger partial charge in [0.05, 0.1) is 6.54 Å². The van der Waals surface area contributed by atoms with Crippen LogP contribution in [-0.2, 0) is 0 Å². The van der Waals surface area contributed by atoms with E-state index in [0.29, 0.717) is 5.56 Å². The van der Waals surface area contributed by atoms with Crippen LogP contribution in [0.5, 0.6) is 0 Å². The predicted molar refractivity (Wildman–Crippen MR) is 39.2 cm³/mol. The number of hydrogen-bond donors (Lipinski definition) is 1. The zero-order chi connectivity index (χ0) is 8.27. The van der Waals surface area contributed by atoms with Crippen molar-refractivity contribution in [1.29, 1.82) is 0 Å². The van der Waals surface area contributed by atoms with E-state index in [1.54, 1.807) is 0 Å². The van der Waals surface area contributed by atoms with Gasteiger partial charge in [0.1, 0.15) is 5.82 Å². The summed E-state index contributed by atoms with van der Waals surface area (Å²) in [5.41, 5.74) is 5.37. The molecule has 0 heterocycles. The Balaban J connectivity index is 2.90. The number of carbonyl (C=O) groups is 1. The number of hydrogen-bond acceptors (Lipinski definition) is 2. The summed E-state index contributed by atoms with van der Waals surface area (Å²) in [6.45, 7) is 0.952. The molecular weight excluding hydrogens is 145 g/mol. The quantitative estimate of drug-likeness (QED) is 0.645. The van der Waals surface area contributed by atoms with Crippen molar-refractivity contribution in [2.45, 2.75) is 0 Å². The average Bonchev–Trinajstić information content (AvgIpc) is 2.05. The molecule has 2 N–H and O–H groups in total. The van der Waals surface area contributed by atoms with Gasteiger partial charge in [0, 0.05) is 5.56 Å². The second-order valence-electron chi connectivity index (χ2n) is 2.04. The third kappa shape index (κ3) is 1.85. The van der Waals surface area contributed by atoms with Crippen LogP contribution in [0, 0.1) is 12.4 Å². The molecule has 11 heavy (non-hydrogen) atoms. The molecule has 0 aromatic heterocycles. The summed E-state index contributed by atoms with van der Waals surface area (Å²) in [5, 5.41) is 0. The lowest BCUT2D eigenvalue weighted by molar-refractivity contribution is 0.102. The normalized spacial score (nSPS) is 9.64. The van der Waals surface area contributed by atoms with Crippen LogP contribution in [0.4, 0.5) is 4.39 Å². The first-order valence-corrected chi connectivity index (χ1v) is 3.09. The third-order valence-electron chi connectivity index (χ3n) is 1.28. The minimum atomic E-state index is -0.362. The molecule has 1 aromatic rings. The molecule has 0 saturated carbocycles. The molecule has 0 atom stereocenters. The average molecular weight is 152 g/mol.